The fourth-order valence-corrected chi connectivity index (χ4v) is 2.77. The van der Waals surface area contributed by atoms with Crippen molar-refractivity contribution < 1.29 is 14.6 Å². The first-order chi connectivity index (χ1) is 9.74. The lowest BCUT2D eigenvalue weighted by Gasteiger charge is -2.02. The zero-order valence-corrected chi connectivity index (χ0v) is 11.1. The first-order valence-electron chi connectivity index (χ1n) is 5.88. The van der Waals surface area contributed by atoms with E-state index in [4.69, 9.17) is 9.84 Å². The van der Waals surface area contributed by atoms with Gasteiger partial charge in [-0.15, -0.1) is 11.3 Å². The molecule has 0 spiro atoms. The van der Waals surface area contributed by atoms with Gasteiger partial charge in [0.15, 0.2) is 6.61 Å². The number of nitrogens with zero attached hydrogens (tertiary/aromatic N) is 2. The molecule has 0 aliphatic carbocycles. The maximum atomic E-state index is 10.6. The Bertz CT molecular complexity index is 755. The summed E-state index contributed by atoms with van der Waals surface area (Å²) < 4.78 is 6.21. The Hall–Kier alpha value is -2.47. The number of carboxylic acid groups (broad SMARTS) is 1. The molecule has 2 heterocycles. The van der Waals surface area contributed by atoms with Crippen molar-refractivity contribution in [1.29, 1.82) is 0 Å². The van der Waals surface area contributed by atoms with Crippen LogP contribution in [0.5, 0.6) is 5.75 Å². The van der Waals surface area contributed by atoms with Gasteiger partial charge in [-0.05, 0) is 24.3 Å². The Labute approximate surface area is 118 Å². The second kappa shape index (κ2) is 5.26. The van der Waals surface area contributed by atoms with Gasteiger partial charge in [0.2, 0.25) is 0 Å². The number of aliphatic carboxylic acids is 1. The molecule has 0 saturated carbocycles. The SMILES string of the molecule is O=C(O)COc1cccc2sc(-c3cccnc3)nc12. The van der Waals surface area contributed by atoms with Crippen LogP contribution in [0.4, 0.5) is 0 Å². The Kier molecular flexibility index (Phi) is 3.30. The van der Waals surface area contributed by atoms with Crippen LogP contribution in [0.2, 0.25) is 0 Å². The third kappa shape index (κ3) is 2.46. The number of ether oxygens (including phenoxy) is 1. The van der Waals surface area contributed by atoms with E-state index >= 15 is 0 Å². The molecule has 2 aromatic heterocycles. The standard InChI is InChI=1S/C14H10N2O3S/c17-12(18)8-19-10-4-1-5-11-13(10)16-14(20-11)9-3-2-6-15-7-9/h1-7H,8H2,(H,17,18). The summed E-state index contributed by atoms with van der Waals surface area (Å²) in [5, 5.41) is 9.51. The maximum Gasteiger partial charge on any atom is 0.341 e. The lowest BCUT2D eigenvalue weighted by molar-refractivity contribution is -0.139. The number of rotatable bonds is 4. The second-order valence-corrected chi connectivity index (χ2v) is 5.08. The summed E-state index contributed by atoms with van der Waals surface area (Å²) in [7, 11) is 0. The number of aromatic nitrogens is 2. The van der Waals surface area contributed by atoms with E-state index in [9.17, 15) is 4.79 Å². The summed E-state index contributed by atoms with van der Waals surface area (Å²) >= 11 is 1.52. The van der Waals surface area contributed by atoms with E-state index in [1.807, 2.05) is 24.3 Å². The first-order valence-corrected chi connectivity index (χ1v) is 6.70. The number of hydrogen-bond acceptors (Lipinski definition) is 5. The van der Waals surface area contributed by atoms with E-state index in [2.05, 4.69) is 9.97 Å². The van der Waals surface area contributed by atoms with Gasteiger partial charge in [0.05, 0.1) is 4.70 Å². The zero-order valence-electron chi connectivity index (χ0n) is 10.3. The number of para-hydroxylation sites is 1. The summed E-state index contributed by atoms with van der Waals surface area (Å²) in [6.07, 6.45) is 3.45. The molecule has 0 aliphatic heterocycles. The number of hydrogen-bond donors (Lipinski definition) is 1. The van der Waals surface area contributed by atoms with E-state index in [1.54, 1.807) is 18.5 Å². The van der Waals surface area contributed by atoms with E-state index in [0.29, 0.717) is 11.3 Å². The summed E-state index contributed by atoms with van der Waals surface area (Å²) in [4.78, 5) is 19.2. The third-order valence-corrected chi connectivity index (χ3v) is 3.71. The summed E-state index contributed by atoms with van der Waals surface area (Å²) in [5.41, 5.74) is 1.61. The molecule has 0 unspecified atom stereocenters. The molecule has 1 N–H and O–H groups in total. The van der Waals surface area contributed by atoms with E-state index in [1.165, 1.54) is 11.3 Å². The summed E-state index contributed by atoms with van der Waals surface area (Å²) in [5.74, 6) is -0.527. The van der Waals surface area contributed by atoms with Crippen molar-refractivity contribution in [3.63, 3.8) is 0 Å². The number of thiazole rings is 1. The van der Waals surface area contributed by atoms with Gasteiger partial charge in [0.25, 0.3) is 0 Å². The summed E-state index contributed by atoms with van der Waals surface area (Å²) in [6.45, 7) is -0.376. The molecule has 0 saturated heterocycles. The molecule has 0 radical (unpaired) electrons. The molecule has 3 aromatic rings. The molecular formula is C14H10N2O3S. The van der Waals surface area contributed by atoms with Crippen LogP contribution < -0.4 is 4.74 Å². The molecule has 0 amide bonds. The molecule has 6 heteroatoms. The highest BCUT2D eigenvalue weighted by Crippen LogP contribution is 2.34. The number of fused-ring (bicyclic) bond motifs is 1. The minimum Gasteiger partial charge on any atom is -0.480 e. The molecule has 0 atom stereocenters. The van der Waals surface area contributed by atoms with Gasteiger partial charge in [-0.25, -0.2) is 9.78 Å². The van der Waals surface area contributed by atoms with Crippen molar-refractivity contribution in [2.75, 3.05) is 6.61 Å². The number of carbonyl (C=O) groups is 1. The monoisotopic (exact) mass is 286 g/mol. The van der Waals surface area contributed by atoms with Crippen LogP contribution in [0.25, 0.3) is 20.8 Å². The minimum atomic E-state index is -1.01. The van der Waals surface area contributed by atoms with Crippen molar-refractivity contribution in [2.24, 2.45) is 0 Å². The van der Waals surface area contributed by atoms with Crippen molar-refractivity contribution in [3.8, 4) is 16.3 Å². The molecule has 1 aromatic carbocycles. The topological polar surface area (TPSA) is 72.3 Å². The Balaban J connectivity index is 2.02. The Morgan fingerprint density at radius 1 is 1.30 bits per heavy atom. The van der Waals surface area contributed by atoms with E-state index in [-0.39, 0.29) is 6.61 Å². The van der Waals surface area contributed by atoms with Crippen LogP contribution in [0, 0.1) is 0 Å². The average Bonchev–Trinajstić information content (AvgIpc) is 2.90. The molecule has 100 valence electrons. The molecular weight excluding hydrogens is 276 g/mol. The van der Waals surface area contributed by atoms with Crippen LogP contribution >= 0.6 is 11.3 Å². The van der Waals surface area contributed by atoms with Gasteiger partial charge in [-0.3, -0.25) is 4.98 Å². The van der Waals surface area contributed by atoms with E-state index in [0.717, 1.165) is 15.3 Å². The van der Waals surface area contributed by atoms with Gasteiger partial charge in [-0.2, -0.15) is 0 Å². The predicted molar refractivity (Wildman–Crippen MR) is 76.0 cm³/mol. The Morgan fingerprint density at radius 3 is 2.95 bits per heavy atom. The smallest absolute Gasteiger partial charge is 0.341 e. The van der Waals surface area contributed by atoms with Gasteiger partial charge in [-0.1, -0.05) is 6.07 Å². The van der Waals surface area contributed by atoms with Gasteiger partial charge >= 0.3 is 5.97 Å². The second-order valence-electron chi connectivity index (χ2n) is 4.05. The van der Waals surface area contributed by atoms with Crippen molar-refractivity contribution in [1.82, 2.24) is 9.97 Å². The number of benzene rings is 1. The highest BCUT2D eigenvalue weighted by atomic mass is 32.1. The maximum absolute atomic E-state index is 10.6. The molecule has 20 heavy (non-hydrogen) atoms. The number of pyridine rings is 1. The molecule has 0 fully saturated rings. The summed E-state index contributed by atoms with van der Waals surface area (Å²) in [6, 6.07) is 9.26. The van der Waals surface area contributed by atoms with Gasteiger partial charge in [0, 0.05) is 18.0 Å². The molecule has 5 nitrogen and oxygen atoms in total. The van der Waals surface area contributed by atoms with Crippen LogP contribution in [0.1, 0.15) is 0 Å². The van der Waals surface area contributed by atoms with Crippen LogP contribution in [0.3, 0.4) is 0 Å². The quantitative estimate of drug-likeness (QED) is 0.798. The third-order valence-electron chi connectivity index (χ3n) is 2.64. The van der Waals surface area contributed by atoms with Crippen molar-refractivity contribution in [3.05, 3.63) is 42.7 Å². The van der Waals surface area contributed by atoms with Crippen LogP contribution in [-0.2, 0) is 4.79 Å². The normalized spacial score (nSPS) is 10.6. The van der Waals surface area contributed by atoms with Crippen molar-refractivity contribution >= 4 is 27.5 Å². The van der Waals surface area contributed by atoms with Gasteiger partial charge in [0.1, 0.15) is 16.3 Å². The molecule has 3 rings (SSSR count). The fourth-order valence-electron chi connectivity index (χ4n) is 1.79. The predicted octanol–water partition coefficient (Wildman–Crippen LogP) is 2.82. The highest BCUT2D eigenvalue weighted by molar-refractivity contribution is 7.21. The first kappa shape index (κ1) is 12.6. The van der Waals surface area contributed by atoms with Crippen LogP contribution in [0.15, 0.2) is 42.7 Å². The number of carboxylic acids is 1. The Morgan fingerprint density at radius 2 is 2.20 bits per heavy atom. The minimum absolute atomic E-state index is 0.376. The fraction of sp³-hybridized carbons (Fsp3) is 0.0714. The van der Waals surface area contributed by atoms with Crippen molar-refractivity contribution in [2.45, 2.75) is 0 Å². The zero-order chi connectivity index (χ0) is 13.9. The lowest BCUT2D eigenvalue weighted by atomic mass is 10.3. The van der Waals surface area contributed by atoms with E-state index < -0.39 is 5.97 Å². The average molecular weight is 286 g/mol. The molecule has 0 aliphatic rings. The van der Waals surface area contributed by atoms with Gasteiger partial charge < -0.3 is 9.84 Å². The lowest BCUT2D eigenvalue weighted by Crippen LogP contribution is -2.09. The van der Waals surface area contributed by atoms with Crippen LogP contribution in [-0.4, -0.2) is 27.7 Å². The molecule has 0 bridgehead atoms. The highest BCUT2D eigenvalue weighted by Gasteiger charge is 2.11. The largest absolute Gasteiger partial charge is 0.480 e.